The van der Waals surface area contributed by atoms with Crippen LogP contribution in [-0.2, 0) is 28.6 Å². The summed E-state index contributed by atoms with van der Waals surface area (Å²) in [7, 11) is 2.43. The third-order valence-corrected chi connectivity index (χ3v) is 3.52. The van der Waals surface area contributed by atoms with E-state index in [1.165, 1.54) is 0 Å². The zero-order valence-electron chi connectivity index (χ0n) is 12.0. The second kappa shape index (κ2) is 7.58. The van der Waals surface area contributed by atoms with E-state index in [2.05, 4.69) is 9.24 Å². The second-order valence-electron chi connectivity index (χ2n) is 5.01. The Bertz CT molecular complexity index is 381. The predicted molar refractivity (Wildman–Crippen MR) is 73.9 cm³/mol. The number of ether oxygens (including phenoxy) is 3. The van der Waals surface area contributed by atoms with Crippen molar-refractivity contribution < 1.29 is 28.6 Å². The number of hydrogen-bond donors (Lipinski definition) is 0. The fourth-order valence-corrected chi connectivity index (χ4v) is 2.28. The molecule has 1 rings (SSSR count). The van der Waals surface area contributed by atoms with Gasteiger partial charge in [0, 0.05) is 0 Å². The molecule has 114 valence electrons. The van der Waals surface area contributed by atoms with Crippen molar-refractivity contribution in [3.05, 3.63) is 0 Å². The van der Waals surface area contributed by atoms with Crippen LogP contribution in [0.3, 0.4) is 0 Å². The first-order valence-corrected chi connectivity index (χ1v) is 7.45. The molecule has 1 aliphatic rings. The molecule has 0 aromatic rings. The standard InChI is InChI=1S/C13H21O6P/c1-7(2)12(15)19-11-8(3)18-10(14)4-5-17-13(16)9(11)6-20/h7-9,11H,4-6,20H2,1-3H3/t8-,9?,11-/m0/s1. The Balaban J connectivity index is 2.96. The van der Waals surface area contributed by atoms with E-state index in [1.807, 2.05) is 0 Å². The number of rotatable bonds is 3. The van der Waals surface area contributed by atoms with Crippen molar-refractivity contribution in [3.8, 4) is 0 Å². The first-order valence-electron chi connectivity index (χ1n) is 6.63. The largest absolute Gasteiger partial charge is 0.465 e. The fourth-order valence-electron chi connectivity index (χ4n) is 1.82. The highest BCUT2D eigenvalue weighted by Gasteiger charge is 2.38. The van der Waals surface area contributed by atoms with E-state index < -0.39 is 36.0 Å². The normalized spacial score (nSPS) is 27.9. The van der Waals surface area contributed by atoms with E-state index in [-0.39, 0.29) is 18.9 Å². The van der Waals surface area contributed by atoms with E-state index in [0.717, 1.165) is 0 Å². The van der Waals surface area contributed by atoms with Crippen molar-refractivity contribution in [3.63, 3.8) is 0 Å². The summed E-state index contributed by atoms with van der Waals surface area (Å²) in [6.45, 7) is 4.99. The number of hydrogen-bond acceptors (Lipinski definition) is 6. The maximum absolute atomic E-state index is 12.0. The van der Waals surface area contributed by atoms with Crippen LogP contribution in [0.4, 0.5) is 0 Å². The second-order valence-corrected chi connectivity index (χ2v) is 5.48. The summed E-state index contributed by atoms with van der Waals surface area (Å²) in [6.07, 6.45) is -1.17. The van der Waals surface area contributed by atoms with Gasteiger partial charge in [0.2, 0.25) is 0 Å². The number of cyclic esters (lactones) is 2. The molecule has 6 nitrogen and oxygen atoms in total. The predicted octanol–water partition coefficient (Wildman–Crippen LogP) is 0.924. The third-order valence-electron chi connectivity index (χ3n) is 3.01. The lowest BCUT2D eigenvalue weighted by Crippen LogP contribution is -2.43. The lowest BCUT2D eigenvalue weighted by atomic mass is 10.00. The van der Waals surface area contributed by atoms with E-state index in [4.69, 9.17) is 14.2 Å². The molecule has 4 atom stereocenters. The highest BCUT2D eigenvalue weighted by molar-refractivity contribution is 7.16. The molecule has 0 N–H and O–H groups in total. The van der Waals surface area contributed by atoms with Gasteiger partial charge in [0.1, 0.15) is 18.6 Å². The Morgan fingerprint density at radius 1 is 1.45 bits per heavy atom. The van der Waals surface area contributed by atoms with Gasteiger partial charge in [-0.25, -0.2) is 0 Å². The van der Waals surface area contributed by atoms with Crippen LogP contribution in [0.15, 0.2) is 0 Å². The Labute approximate surface area is 120 Å². The Kier molecular flexibility index (Phi) is 6.40. The SMILES string of the molecule is CC(C)C(=O)O[C@@H]1C(CP)C(=O)OCCC(=O)O[C@H]1C. The van der Waals surface area contributed by atoms with Crippen LogP contribution in [0.5, 0.6) is 0 Å². The lowest BCUT2D eigenvalue weighted by molar-refractivity contribution is -0.175. The van der Waals surface area contributed by atoms with E-state index in [0.29, 0.717) is 6.16 Å². The van der Waals surface area contributed by atoms with Crippen molar-refractivity contribution in [1.29, 1.82) is 0 Å². The van der Waals surface area contributed by atoms with Crippen molar-refractivity contribution in [2.45, 2.75) is 39.4 Å². The van der Waals surface area contributed by atoms with Crippen molar-refractivity contribution in [1.82, 2.24) is 0 Å². The summed E-state index contributed by atoms with van der Waals surface area (Å²) >= 11 is 0. The van der Waals surface area contributed by atoms with Crippen molar-refractivity contribution >= 4 is 27.1 Å². The molecule has 20 heavy (non-hydrogen) atoms. The van der Waals surface area contributed by atoms with Crippen LogP contribution < -0.4 is 0 Å². The van der Waals surface area contributed by atoms with Crippen molar-refractivity contribution in [2.75, 3.05) is 12.8 Å². The summed E-state index contributed by atoms with van der Waals surface area (Å²) in [5.41, 5.74) is 0. The van der Waals surface area contributed by atoms with Gasteiger partial charge in [-0.1, -0.05) is 13.8 Å². The molecule has 0 aromatic carbocycles. The summed E-state index contributed by atoms with van der Waals surface area (Å²) in [5, 5.41) is 0. The smallest absolute Gasteiger partial charge is 0.313 e. The van der Waals surface area contributed by atoms with E-state index in [9.17, 15) is 14.4 Å². The van der Waals surface area contributed by atoms with Crippen LogP contribution in [0.25, 0.3) is 0 Å². The van der Waals surface area contributed by atoms with Gasteiger partial charge in [0.05, 0.1) is 12.3 Å². The van der Waals surface area contributed by atoms with Gasteiger partial charge >= 0.3 is 17.9 Å². The molecule has 0 amide bonds. The highest BCUT2D eigenvalue weighted by atomic mass is 31.0. The molecule has 0 saturated carbocycles. The molecule has 0 spiro atoms. The Morgan fingerprint density at radius 3 is 2.65 bits per heavy atom. The van der Waals surface area contributed by atoms with Crippen LogP contribution in [0, 0.1) is 11.8 Å². The lowest BCUT2D eigenvalue weighted by Gasteiger charge is -2.28. The Hall–Kier alpha value is -1.16. The maximum atomic E-state index is 12.0. The summed E-state index contributed by atoms with van der Waals surface area (Å²) in [6, 6.07) is 0. The quantitative estimate of drug-likeness (QED) is 0.438. The average Bonchev–Trinajstić information content (AvgIpc) is 2.41. The zero-order valence-corrected chi connectivity index (χ0v) is 13.1. The minimum absolute atomic E-state index is 0.00447. The molecule has 0 radical (unpaired) electrons. The minimum atomic E-state index is -0.836. The van der Waals surface area contributed by atoms with Crippen LogP contribution in [0.1, 0.15) is 27.2 Å². The minimum Gasteiger partial charge on any atom is -0.465 e. The summed E-state index contributed by atoms with van der Waals surface area (Å²) in [5.74, 6) is -2.38. The zero-order chi connectivity index (χ0) is 15.3. The van der Waals surface area contributed by atoms with Gasteiger partial charge in [-0.15, -0.1) is 9.24 Å². The number of esters is 3. The van der Waals surface area contributed by atoms with Gasteiger partial charge in [0.25, 0.3) is 0 Å². The number of carbonyl (C=O) groups excluding carboxylic acids is 3. The molecule has 1 saturated heterocycles. The molecule has 0 aromatic heterocycles. The third kappa shape index (κ3) is 4.44. The average molecular weight is 304 g/mol. The fraction of sp³-hybridized carbons (Fsp3) is 0.769. The highest BCUT2D eigenvalue weighted by Crippen LogP contribution is 2.22. The van der Waals surface area contributed by atoms with E-state index in [1.54, 1.807) is 20.8 Å². The van der Waals surface area contributed by atoms with Gasteiger partial charge in [-0.2, -0.15) is 0 Å². The van der Waals surface area contributed by atoms with Gasteiger partial charge in [-0.05, 0) is 13.1 Å². The topological polar surface area (TPSA) is 78.9 Å². The first-order chi connectivity index (χ1) is 9.36. The van der Waals surface area contributed by atoms with Crippen LogP contribution in [0.2, 0.25) is 0 Å². The molecule has 0 bridgehead atoms. The molecular weight excluding hydrogens is 283 g/mol. The molecule has 1 aliphatic heterocycles. The van der Waals surface area contributed by atoms with Gasteiger partial charge < -0.3 is 14.2 Å². The monoisotopic (exact) mass is 304 g/mol. The molecule has 1 fully saturated rings. The summed E-state index contributed by atoms with van der Waals surface area (Å²) in [4.78, 5) is 35.2. The Morgan fingerprint density at radius 2 is 2.10 bits per heavy atom. The molecule has 2 unspecified atom stereocenters. The van der Waals surface area contributed by atoms with Crippen LogP contribution >= 0.6 is 9.24 Å². The molecule has 0 aliphatic carbocycles. The van der Waals surface area contributed by atoms with Gasteiger partial charge in [-0.3, -0.25) is 14.4 Å². The van der Waals surface area contributed by atoms with Crippen molar-refractivity contribution in [2.24, 2.45) is 11.8 Å². The summed E-state index contributed by atoms with van der Waals surface area (Å²) < 4.78 is 15.5. The molecule has 7 heteroatoms. The molecule has 1 heterocycles. The first kappa shape index (κ1) is 16.9. The van der Waals surface area contributed by atoms with Crippen LogP contribution in [-0.4, -0.2) is 42.9 Å². The molecular formula is C13H21O6P. The van der Waals surface area contributed by atoms with Gasteiger partial charge in [0.15, 0.2) is 6.10 Å². The maximum Gasteiger partial charge on any atom is 0.313 e. The van der Waals surface area contributed by atoms with E-state index >= 15 is 0 Å². The number of carbonyl (C=O) groups is 3.